The van der Waals surface area contributed by atoms with Crippen LogP contribution in [0.15, 0.2) is 12.7 Å². The second-order valence-corrected chi connectivity index (χ2v) is 13.9. The molecular weight excluding hydrogens is 744 g/mol. The van der Waals surface area contributed by atoms with Gasteiger partial charge in [0, 0.05) is 12.7 Å². The fourth-order valence-electron chi connectivity index (χ4n) is 4.69. The quantitative estimate of drug-likeness (QED) is 0.0456. The summed E-state index contributed by atoms with van der Waals surface area (Å²) in [6.07, 6.45) is 5.88. The van der Waals surface area contributed by atoms with Gasteiger partial charge in [-0.25, -0.2) is 4.79 Å². The Hall–Kier alpha value is -1.31. The molecule has 0 N–H and O–H groups in total. The summed E-state index contributed by atoms with van der Waals surface area (Å²) in [6.45, 7) is 28.3. The number of carbonyl (C=O) groups excluding carboxylic acids is 1. The fourth-order valence-corrected chi connectivity index (χ4v) is 4.69. The van der Waals surface area contributed by atoms with Crippen LogP contribution in [-0.4, -0.2) is 182 Å². The topological polar surface area (TPSA) is 146 Å². The van der Waals surface area contributed by atoms with Crippen molar-refractivity contribution in [3.8, 4) is 0 Å². The van der Waals surface area contributed by atoms with E-state index in [1.165, 1.54) is 19.3 Å². The van der Waals surface area contributed by atoms with Crippen LogP contribution in [0.5, 0.6) is 0 Å². The van der Waals surface area contributed by atoms with Crippen molar-refractivity contribution in [3.63, 3.8) is 0 Å². The number of rotatable bonds is 46. The van der Waals surface area contributed by atoms with Gasteiger partial charge >= 0.3 is 5.97 Å². The first kappa shape index (κ1) is 55.7. The minimum Gasteiger partial charge on any atom is -0.460 e. The molecule has 0 aromatic rings. The standard InChI is InChI=1S/C42H82O15/c1-9-12-13-41(10-2)35-57-40(8)34-56-39(7)33-55-38(6)32-54-37(5)31-53-36(4)30-51-27-26-49-23-22-47-19-18-45-15-14-44-16-17-46-20-21-48-24-25-50-28-29-52-42(43)11-3/h11,36-41H,3,9-10,12-35H2,1-2,4-8H3. The molecule has 15 nitrogen and oxygen atoms in total. The minimum atomic E-state index is -0.460. The molecular formula is C42H82O15. The van der Waals surface area contributed by atoms with Crippen LogP contribution in [0, 0.1) is 5.92 Å². The number of unbranched alkanes of at least 4 members (excludes halogenated alkanes) is 1. The van der Waals surface area contributed by atoms with Gasteiger partial charge in [0.15, 0.2) is 0 Å². The van der Waals surface area contributed by atoms with Crippen LogP contribution in [0.3, 0.4) is 0 Å². The summed E-state index contributed by atoms with van der Waals surface area (Å²) in [5.41, 5.74) is 0. The Kier molecular flexibility index (Phi) is 41.8. The predicted octanol–water partition coefficient (Wildman–Crippen LogP) is 5.09. The second-order valence-electron chi connectivity index (χ2n) is 13.9. The largest absolute Gasteiger partial charge is 0.460 e. The van der Waals surface area contributed by atoms with Crippen molar-refractivity contribution in [2.45, 2.75) is 105 Å². The molecule has 0 aliphatic heterocycles. The highest BCUT2D eigenvalue weighted by atomic mass is 16.6. The number of hydrogen-bond donors (Lipinski definition) is 0. The Morgan fingerprint density at radius 1 is 0.439 bits per heavy atom. The molecule has 0 heterocycles. The van der Waals surface area contributed by atoms with Crippen molar-refractivity contribution in [3.05, 3.63) is 12.7 Å². The highest BCUT2D eigenvalue weighted by Gasteiger charge is 2.14. The summed E-state index contributed by atoms with van der Waals surface area (Å²) < 4.78 is 78.4. The van der Waals surface area contributed by atoms with Crippen molar-refractivity contribution < 1.29 is 71.1 Å². The summed E-state index contributed by atoms with van der Waals surface area (Å²) in [5, 5.41) is 0. The maximum Gasteiger partial charge on any atom is 0.330 e. The molecule has 15 heteroatoms. The Morgan fingerprint density at radius 2 is 0.737 bits per heavy atom. The van der Waals surface area contributed by atoms with Crippen molar-refractivity contribution in [2.75, 3.05) is 145 Å². The third-order valence-corrected chi connectivity index (χ3v) is 8.22. The van der Waals surface area contributed by atoms with Gasteiger partial charge in [0.25, 0.3) is 0 Å². The molecule has 0 amide bonds. The van der Waals surface area contributed by atoms with E-state index in [2.05, 4.69) is 27.4 Å². The van der Waals surface area contributed by atoms with Crippen molar-refractivity contribution in [1.29, 1.82) is 0 Å². The van der Waals surface area contributed by atoms with Gasteiger partial charge < -0.3 is 66.3 Å². The molecule has 340 valence electrons. The molecule has 0 radical (unpaired) electrons. The van der Waals surface area contributed by atoms with Gasteiger partial charge in [-0.15, -0.1) is 0 Å². The van der Waals surface area contributed by atoms with Gasteiger partial charge in [-0.1, -0.05) is 39.7 Å². The monoisotopic (exact) mass is 827 g/mol. The Morgan fingerprint density at radius 3 is 1.05 bits per heavy atom. The lowest BCUT2D eigenvalue weighted by molar-refractivity contribution is -0.139. The van der Waals surface area contributed by atoms with Crippen LogP contribution >= 0.6 is 0 Å². The molecule has 0 saturated heterocycles. The van der Waals surface area contributed by atoms with Crippen LogP contribution < -0.4 is 0 Å². The first-order chi connectivity index (χ1) is 27.7. The molecule has 57 heavy (non-hydrogen) atoms. The zero-order chi connectivity index (χ0) is 42.0. The Labute approximate surface area is 345 Å². The molecule has 0 aromatic heterocycles. The summed E-state index contributed by atoms with van der Waals surface area (Å²) in [4.78, 5) is 10.9. The molecule has 6 unspecified atom stereocenters. The van der Waals surface area contributed by atoms with Crippen LogP contribution in [0.4, 0.5) is 0 Å². The van der Waals surface area contributed by atoms with Gasteiger partial charge in [0.2, 0.25) is 0 Å². The average Bonchev–Trinajstić information content (AvgIpc) is 3.21. The maximum atomic E-state index is 10.9. The maximum absolute atomic E-state index is 10.9. The lowest BCUT2D eigenvalue weighted by atomic mass is 10.0. The summed E-state index contributed by atoms with van der Waals surface area (Å²) in [6, 6.07) is 0. The highest BCUT2D eigenvalue weighted by molar-refractivity contribution is 5.81. The van der Waals surface area contributed by atoms with Crippen molar-refractivity contribution in [2.24, 2.45) is 5.92 Å². The van der Waals surface area contributed by atoms with Crippen molar-refractivity contribution >= 4 is 5.97 Å². The van der Waals surface area contributed by atoms with E-state index in [-0.39, 0.29) is 37.1 Å². The molecule has 0 aliphatic rings. The zero-order valence-corrected chi connectivity index (χ0v) is 36.8. The first-order valence-electron chi connectivity index (χ1n) is 21.2. The van der Waals surface area contributed by atoms with Gasteiger partial charge in [-0.05, 0) is 47.0 Å². The third kappa shape index (κ3) is 41.2. The summed E-state index contributed by atoms with van der Waals surface area (Å²) in [7, 11) is 0. The molecule has 0 rings (SSSR count). The Balaban J connectivity index is 3.46. The fraction of sp³-hybridized carbons (Fsp3) is 0.929. The lowest BCUT2D eigenvalue weighted by Gasteiger charge is -2.23. The molecule has 0 aliphatic carbocycles. The average molecular weight is 827 g/mol. The van der Waals surface area contributed by atoms with Crippen LogP contribution in [0.25, 0.3) is 0 Å². The van der Waals surface area contributed by atoms with E-state index >= 15 is 0 Å². The highest BCUT2D eigenvalue weighted by Crippen LogP contribution is 2.14. The van der Waals surface area contributed by atoms with Gasteiger partial charge in [0.1, 0.15) is 6.61 Å². The lowest BCUT2D eigenvalue weighted by Crippen LogP contribution is -2.29. The van der Waals surface area contributed by atoms with E-state index in [0.29, 0.717) is 138 Å². The van der Waals surface area contributed by atoms with Gasteiger partial charge in [-0.3, -0.25) is 0 Å². The molecule has 0 fully saturated rings. The number of hydrogen-bond acceptors (Lipinski definition) is 15. The van der Waals surface area contributed by atoms with E-state index in [9.17, 15) is 4.79 Å². The van der Waals surface area contributed by atoms with Crippen LogP contribution in [-0.2, 0) is 71.1 Å². The molecule has 0 aromatic carbocycles. The second kappa shape index (κ2) is 42.8. The van der Waals surface area contributed by atoms with E-state index in [1.807, 2.05) is 27.7 Å². The minimum absolute atomic E-state index is 0.0177. The SMILES string of the molecule is C=CC(=O)OCCOCCOCCOCCOCCOCCOCCOCCOCC(C)OCC(C)OCC(C)OCC(C)OCC(C)OCC(CC)CCCC. The summed E-state index contributed by atoms with van der Waals surface area (Å²) in [5.74, 6) is 0.171. The van der Waals surface area contributed by atoms with E-state index in [0.717, 1.165) is 19.1 Å². The first-order valence-corrected chi connectivity index (χ1v) is 21.2. The molecule has 6 atom stereocenters. The molecule has 0 bridgehead atoms. The number of carbonyl (C=O) groups is 1. The third-order valence-electron chi connectivity index (χ3n) is 8.22. The van der Waals surface area contributed by atoms with E-state index in [1.54, 1.807) is 0 Å². The molecule has 0 spiro atoms. The van der Waals surface area contributed by atoms with Gasteiger partial charge in [0.05, 0.1) is 163 Å². The van der Waals surface area contributed by atoms with Crippen LogP contribution in [0.2, 0.25) is 0 Å². The Bertz CT molecular complexity index is 854. The van der Waals surface area contributed by atoms with Gasteiger partial charge in [-0.2, -0.15) is 0 Å². The number of esters is 1. The normalized spacial score (nSPS) is 14.9. The molecule has 0 saturated carbocycles. The van der Waals surface area contributed by atoms with Crippen molar-refractivity contribution in [1.82, 2.24) is 0 Å². The zero-order valence-electron chi connectivity index (χ0n) is 36.8. The van der Waals surface area contributed by atoms with E-state index in [4.69, 9.17) is 66.3 Å². The summed E-state index contributed by atoms with van der Waals surface area (Å²) >= 11 is 0. The smallest absolute Gasteiger partial charge is 0.330 e. The van der Waals surface area contributed by atoms with Crippen LogP contribution in [0.1, 0.15) is 74.1 Å². The predicted molar refractivity (Wildman–Crippen MR) is 218 cm³/mol. The number of ether oxygens (including phenoxy) is 14. The van der Waals surface area contributed by atoms with E-state index < -0.39 is 5.97 Å².